The van der Waals surface area contributed by atoms with Crippen molar-refractivity contribution in [3.8, 4) is 5.75 Å². The summed E-state index contributed by atoms with van der Waals surface area (Å²) in [7, 11) is 0. The summed E-state index contributed by atoms with van der Waals surface area (Å²) in [4.78, 5) is 5.38. The van der Waals surface area contributed by atoms with Gasteiger partial charge in [-0.05, 0) is 68.9 Å². The second-order valence-electron chi connectivity index (χ2n) is 7.28. The van der Waals surface area contributed by atoms with Crippen molar-refractivity contribution in [3.63, 3.8) is 0 Å². The van der Waals surface area contributed by atoms with Crippen LogP contribution in [-0.4, -0.2) is 53.7 Å². The van der Waals surface area contributed by atoms with E-state index in [9.17, 15) is 5.11 Å². The van der Waals surface area contributed by atoms with Crippen LogP contribution in [0.4, 0.5) is 0 Å². The van der Waals surface area contributed by atoms with Gasteiger partial charge in [-0.25, -0.2) is 0 Å². The van der Waals surface area contributed by atoms with E-state index in [2.05, 4.69) is 15.9 Å². The Hall–Kier alpha value is -0.480. The summed E-state index contributed by atoms with van der Waals surface area (Å²) >= 11 is 0. The first-order chi connectivity index (χ1) is 10.8. The van der Waals surface area contributed by atoms with Gasteiger partial charge in [0, 0.05) is 25.0 Å². The van der Waals surface area contributed by atoms with E-state index in [0.717, 1.165) is 6.42 Å². The molecule has 1 aliphatic carbocycles. The Labute approximate surface area is 158 Å². The Kier molecular flexibility index (Phi) is 7.23. The molecule has 2 heterocycles. The SMILES string of the molecule is Cl.Cl.Oc1cccc2c1CC[C@H]1[C@@H]2CCN1CCN1CCCCC1. The highest BCUT2D eigenvalue weighted by Gasteiger charge is 2.39. The summed E-state index contributed by atoms with van der Waals surface area (Å²) in [5.74, 6) is 1.17. The van der Waals surface area contributed by atoms with Crippen LogP contribution in [0.2, 0.25) is 0 Å². The summed E-state index contributed by atoms with van der Waals surface area (Å²) in [5, 5.41) is 10.1. The lowest BCUT2D eigenvalue weighted by atomic mass is 9.79. The van der Waals surface area contributed by atoms with Crippen LogP contribution in [0.3, 0.4) is 0 Å². The van der Waals surface area contributed by atoms with Crippen molar-refractivity contribution in [1.82, 2.24) is 9.80 Å². The Morgan fingerprint density at radius 1 is 0.958 bits per heavy atom. The fourth-order valence-corrected chi connectivity index (χ4v) is 4.90. The third-order valence-electron chi connectivity index (χ3n) is 6.09. The van der Waals surface area contributed by atoms with Crippen LogP contribution in [0.15, 0.2) is 18.2 Å². The molecule has 0 unspecified atom stereocenters. The minimum atomic E-state index is 0. The number of phenols is 1. The van der Waals surface area contributed by atoms with E-state index < -0.39 is 0 Å². The molecule has 0 amide bonds. The molecule has 2 aliphatic heterocycles. The van der Waals surface area contributed by atoms with E-state index in [0.29, 0.717) is 17.7 Å². The molecule has 2 fully saturated rings. The zero-order chi connectivity index (χ0) is 14.9. The smallest absolute Gasteiger partial charge is 0.119 e. The largest absolute Gasteiger partial charge is 0.508 e. The normalized spacial score (nSPS) is 26.8. The van der Waals surface area contributed by atoms with Crippen molar-refractivity contribution in [1.29, 1.82) is 0 Å². The zero-order valence-corrected chi connectivity index (χ0v) is 16.0. The van der Waals surface area contributed by atoms with Gasteiger partial charge in [0.2, 0.25) is 0 Å². The monoisotopic (exact) mass is 372 g/mol. The van der Waals surface area contributed by atoms with E-state index in [4.69, 9.17) is 0 Å². The Morgan fingerprint density at radius 3 is 2.54 bits per heavy atom. The molecule has 2 atom stereocenters. The van der Waals surface area contributed by atoms with E-state index in [1.165, 1.54) is 76.0 Å². The minimum absolute atomic E-state index is 0. The van der Waals surface area contributed by atoms with E-state index >= 15 is 0 Å². The zero-order valence-electron chi connectivity index (χ0n) is 14.3. The maximum Gasteiger partial charge on any atom is 0.119 e. The molecular formula is C19H30Cl2N2O. The topological polar surface area (TPSA) is 26.7 Å². The lowest BCUT2D eigenvalue weighted by Gasteiger charge is -2.35. The summed E-state index contributed by atoms with van der Waals surface area (Å²) < 4.78 is 0. The molecule has 0 aromatic heterocycles. The number of phenolic OH excluding ortho intramolecular Hbond substituents is 1. The number of hydrogen-bond donors (Lipinski definition) is 1. The van der Waals surface area contributed by atoms with Gasteiger partial charge in [0.15, 0.2) is 0 Å². The molecule has 1 aromatic rings. The fourth-order valence-electron chi connectivity index (χ4n) is 4.90. The molecule has 0 spiro atoms. The van der Waals surface area contributed by atoms with Crippen molar-refractivity contribution in [2.24, 2.45) is 0 Å². The van der Waals surface area contributed by atoms with E-state index in [1.807, 2.05) is 12.1 Å². The van der Waals surface area contributed by atoms with Crippen LogP contribution in [-0.2, 0) is 6.42 Å². The highest BCUT2D eigenvalue weighted by atomic mass is 35.5. The van der Waals surface area contributed by atoms with Gasteiger partial charge in [0.05, 0.1) is 0 Å². The van der Waals surface area contributed by atoms with Crippen LogP contribution in [0, 0.1) is 0 Å². The average Bonchev–Trinajstić information content (AvgIpc) is 2.98. The summed E-state index contributed by atoms with van der Waals surface area (Å²) in [6, 6.07) is 6.83. The first kappa shape index (κ1) is 19.8. The molecule has 5 heteroatoms. The number of rotatable bonds is 3. The van der Waals surface area contributed by atoms with Crippen molar-refractivity contribution >= 4 is 24.8 Å². The number of halogens is 2. The quantitative estimate of drug-likeness (QED) is 0.873. The molecule has 24 heavy (non-hydrogen) atoms. The van der Waals surface area contributed by atoms with Crippen molar-refractivity contribution in [2.75, 3.05) is 32.7 Å². The molecular weight excluding hydrogens is 343 g/mol. The number of benzene rings is 1. The number of piperidine rings is 1. The van der Waals surface area contributed by atoms with Crippen LogP contribution in [0.25, 0.3) is 0 Å². The maximum atomic E-state index is 10.1. The molecule has 136 valence electrons. The molecule has 1 N–H and O–H groups in total. The molecule has 0 saturated carbocycles. The molecule has 4 rings (SSSR count). The summed E-state index contributed by atoms with van der Waals surface area (Å²) in [5.41, 5.74) is 2.65. The number of fused-ring (bicyclic) bond motifs is 3. The molecule has 2 saturated heterocycles. The van der Waals surface area contributed by atoms with Gasteiger partial charge in [0.25, 0.3) is 0 Å². The van der Waals surface area contributed by atoms with Gasteiger partial charge in [-0.15, -0.1) is 24.8 Å². The van der Waals surface area contributed by atoms with Gasteiger partial charge >= 0.3 is 0 Å². The predicted molar refractivity (Wildman–Crippen MR) is 104 cm³/mol. The van der Waals surface area contributed by atoms with E-state index in [-0.39, 0.29) is 24.8 Å². The second-order valence-corrected chi connectivity index (χ2v) is 7.28. The minimum Gasteiger partial charge on any atom is -0.508 e. The molecule has 3 nitrogen and oxygen atoms in total. The van der Waals surface area contributed by atoms with Crippen LogP contribution in [0.1, 0.15) is 49.1 Å². The van der Waals surface area contributed by atoms with Crippen LogP contribution < -0.4 is 0 Å². The third kappa shape index (κ3) is 3.85. The predicted octanol–water partition coefficient (Wildman–Crippen LogP) is 3.83. The number of aromatic hydroxyl groups is 1. The van der Waals surface area contributed by atoms with Crippen LogP contribution >= 0.6 is 24.8 Å². The van der Waals surface area contributed by atoms with Gasteiger partial charge in [-0.1, -0.05) is 18.6 Å². The van der Waals surface area contributed by atoms with Crippen LogP contribution in [0.5, 0.6) is 5.75 Å². The number of nitrogens with zero attached hydrogens (tertiary/aromatic N) is 2. The standard InChI is InChI=1S/C19H28N2O.2ClH/c22-19-6-4-5-15-16-9-12-21(18(16)8-7-17(15)19)14-13-20-10-2-1-3-11-20;;/h4-6,16,18,22H,1-3,7-14H2;2*1H/t16-,18+;;/m1../s1. The molecule has 1 aromatic carbocycles. The summed E-state index contributed by atoms with van der Waals surface area (Å²) in [6.07, 6.45) is 7.72. The highest BCUT2D eigenvalue weighted by Crippen LogP contribution is 2.43. The van der Waals surface area contributed by atoms with Gasteiger partial charge < -0.3 is 10.0 Å². The van der Waals surface area contributed by atoms with Gasteiger partial charge in [0.1, 0.15) is 5.75 Å². The Bertz CT molecular complexity index is 534. The van der Waals surface area contributed by atoms with Crippen molar-refractivity contribution in [3.05, 3.63) is 29.3 Å². The average molecular weight is 373 g/mol. The number of hydrogen-bond acceptors (Lipinski definition) is 3. The van der Waals surface area contributed by atoms with Gasteiger partial charge in [-0.2, -0.15) is 0 Å². The first-order valence-electron chi connectivity index (χ1n) is 9.10. The Balaban J connectivity index is 0.00000104. The molecule has 0 bridgehead atoms. The van der Waals surface area contributed by atoms with E-state index in [1.54, 1.807) is 0 Å². The van der Waals surface area contributed by atoms with Crippen molar-refractivity contribution < 1.29 is 5.11 Å². The molecule has 3 aliphatic rings. The Morgan fingerprint density at radius 2 is 1.75 bits per heavy atom. The summed E-state index contributed by atoms with van der Waals surface area (Å²) in [6.45, 7) is 6.32. The first-order valence-corrected chi connectivity index (χ1v) is 9.10. The second kappa shape index (κ2) is 8.75. The highest BCUT2D eigenvalue weighted by molar-refractivity contribution is 5.85. The molecule has 0 radical (unpaired) electrons. The maximum absolute atomic E-state index is 10.1. The lowest BCUT2D eigenvalue weighted by molar-refractivity contribution is 0.164. The fraction of sp³-hybridized carbons (Fsp3) is 0.684. The lowest BCUT2D eigenvalue weighted by Crippen LogP contribution is -2.41. The number of likely N-dealkylation sites (tertiary alicyclic amines) is 2. The van der Waals surface area contributed by atoms with Gasteiger partial charge in [-0.3, -0.25) is 4.90 Å². The third-order valence-corrected chi connectivity index (χ3v) is 6.09. The van der Waals surface area contributed by atoms with Crippen molar-refractivity contribution in [2.45, 2.75) is 50.5 Å².